The fourth-order valence-electron chi connectivity index (χ4n) is 2.43. The predicted octanol–water partition coefficient (Wildman–Crippen LogP) is 3.66. The first-order chi connectivity index (χ1) is 9.28. The van der Waals surface area contributed by atoms with E-state index in [1.54, 1.807) is 0 Å². The Bertz CT molecular complexity index is 408. The molecule has 0 spiro atoms. The Hall–Kier alpha value is -1.77. The number of amides is 1. The van der Waals surface area contributed by atoms with E-state index in [0.717, 1.165) is 31.2 Å². The normalized spacial score (nSPS) is 22.5. The Balaban J connectivity index is 1.69. The van der Waals surface area contributed by atoms with Crippen molar-refractivity contribution in [2.75, 3.05) is 0 Å². The number of allylic oxidation sites excluding steroid dienone is 1. The van der Waals surface area contributed by atoms with Gasteiger partial charge in [-0.2, -0.15) is 0 Å². The molecule has 0 radical (unpaired) electrons. The van der Waals surface area contributed by atoms with E-state index in [2.05, 4.69) is 11.9 Å². The van der Waals surface area contributed by atoms with Gasteiger partial charge in [0.2, 0.25) is 0 Å². The average molecular weight is 259 g/mol. The third-order valence-corrected chi connectivity index (χ3v) is 3.64. The molecule has 1 amide bonds. The zero-order valence-corrected chi connectivity index (χ0v) is 11.2. The van der Waals surface area contributed by atoms with Crippen molar-refractivity contribution in [3.63, 3.8) is 0 Å². The highest BCUT2D eigenvalue weighted by Crippen LogP contribution is 2.24. The molecule has 0 heterocycles. The topological polar surface area (TPSA) is 38.3 Å². The van der Waals surface area contributed by atoms with Gasteiger partial charge in [0.25, 0.3) is 0 Å². The summed E-state index contributed by atoms with van der Waals surface area (Å²) in [7, 11) is 0. The lowest BCUT2D eigenvalue weighted by molar-refractivity contribution is 0.132. The van der Waals surface area contributed by atoms with Crippen molar-refractivity contribution in [1.29, 1.82) is 0 Å². The fraction of sp³-hybridized carbons (Fsp3) is 0.438. The summed E-state index contributed by atoms with van der Waals surface area (Å²) >= 11 is 0. The van der Waals surface area contributed by atoms with E-state index in [-0.39, 0.29) is 12.1 Å². The Kier molecular flexibility index (Phi) is 5.01. The third-order valence-electron chi connectivity index (χ3n) is 3.64. The van der Waals surface area contributed by atoms with E-state index < -0.39 is 0 Å². The van der Waals surface area contributed by atoms with Crippen LogP contribution in [0, 0.1) is 5.92 Å². The van der Waals surface area contributed by atoms with Gasteiger partial charge in [0.05, 0.1) is 0 Å². The van der Waals surface area contributed by atoms with E-state index in [4.69, 9.17) is 4.74 Å². The molecule has 1 N–H and O–H groups in total. The highest BCUT2D eigenvalue weighted by molar-refractivity contribution is 5.67. The molecule has 1 aliphatic rings. The summed E-state index contributed by atoms with van der Waals surface area (Å²) < 4.78 is 5.21. The second kappa shape index (κ2) is 6.98. The van der Waals surface area contributed by atoms with Crippen molar-refractivity contribution in [3.05, 3.63) is 48.6 Å². The van der Waals surface area contributed by atoms with Gasteiger partial charge in [0.1, 0.15) is 6.61 Å². The second-order valence-electron chi connectivity index (χ2n) is 5.05. The molecule has 0 aliphatic heterocycles. The van der Waals surface area contributed by atoms with Gasteiger partial charge in [0.15, 0.2) is 0 Å². The van der Waals surface area contributed by atoms with Gasteiger partial charge in [-0.1, -0.05) is 36.4 Å². The minimum absolute atomic E-state index is 0.250. The standard InChI is InChI=1S/C16H21NO2/c1-2-13-8-10-15(11-9-13)17-16(18)19-12-14-6-4-3-5-7-14/h2-7,13,15H,1,8-12H2,(H,17,18)/t13-,15-. The van der Waals surface area contributed by atoms with Gasteiger partial charge in [0, 0.05) is 6.04 Å². The Morgan fingerprint density at radius 3 is 2.58 bits per heavy atom. The van der Waals surface area contributed by atoms with Crippen molar-refractivity contribution in [2.45, 2.75) is 38.3 Å². The smallest absolute Gasteiger partial charge is 0.407 e. The van der Waals surface area contributed by atoms with Crippen LogP contribution in [0.5, 0.6) is 0 Å². The molecule has 1 aromatic carbocycles. The van der Waals surface area contributed by atoms with Crippen LogP contribution >= 0.6 is 0 Å². The molecule has 3 heteroatoms. The monoisotopic (exact) mass is 259 g/mol. The Labute approximate surface area is 114 Å². The maximum absolute atomic E-state index is 11.7. The van der Waals surface area contributed by atoms with Gasteiger partial charge in [-0.3, -0.25) is 0 Å². The summed E-state index contributed by atoms with van der Waals surface area (Å²) in [5.41, 5.74) is 1.01. The summed E-state index contributed by atoms with van der Waals surface area (Å²) in [6.45, 7) is 4.15. The van der Waals surface area contributed by atoms with Crippen molar-refractivity contribution < 1.29 is 9.53 Å². The summed E-state index contributed by atoms with van der Waals surface area (Å²) in [6, 6.07) is 9.96. The first-order valence-corrected chi connectivity index (χ1v) is 6.87. The van der Waals surface area contributed by atoms with Crippen molar-refractivity contribution >= 4 is 6.09 Å². The number of rotatable bonds is 4. The second-order valence-corrected chi connectivity index (χ2v) is 5.05. The van der Waals surface area contributed by atoms with E-state index in [0.29, 0.717) is 12.5 Å². The predicted molar refractivity (Wildman–Crippen MR) is 75.7 cm³/mol. The minimum atomic E-state index is -0.314. The summed E-state index contributed by atoms with van der Waals surface area (Å²) in [5.74, 6) is 0.610. The largest absolute Gasteiger partial charge is 0.445 e. The van der Waals surface area contributed by atoms with Gasteiger partial charge >= 0.3 is 6.09 Å². The highest BCUT2D eigenvalue weighted by Gasteiger charge is 2.20. The quantitative estimate of drug-likeness (QED) is 0.838. The fourth-order valence-corrected chi connectivity index (χ4v) is 2.43. The van der Waals surface area contributed by atoms with Crippen LogP contribution in [0.4, 0.5) is 4.79 Å². The van der Waals surface area contributed by atoms with Crippen molar-refractivity contribution in [3.8, 4) is 0 Å². The van der Waals surface area contributed by atoms with Crippen LogP contribution in [0.1, 0.15) is 31.2 Å². The molecule has 3 nitrogen and oxygen atoms in total. The zero-order valence-electron chi connectivity index (χ0n) is 11.2. The molecule has 1 aromatic rings. The number of carbonyl (C=O) groups excluding carboxylic acids is 1. The van der Waals surface area contributed by atoms with Crippen molar-refractivity contribution in [1.82, 2.24) is 5.32 Å². The molecule has 0 bridgehead atoms. The molecular formula is C16H21NO2. The van der Waals surface area contributed by atoms with E-state index in [1.165, 1.54) is 0 Å². The molecule has 0 saturated heterocycles. The van der Waals surface area contributed by atoms with Crippen LogP contribution < -0.4 is 5.32 Å². The van der Waals surface area contributed by atoms with E-state index in [9.17, 15) is 4.79 Å². The molecular weight excluding hydrogens is 238 g/mol. The molecule has 102 valence electrons. The lowest BCUT2D eigenvalue weighted by atomic mass is 9.86. The molecule has 1 aliphatic carbocycles. The number of alkyl carbamates (subject to hydrolysis) is 1. The van der Waals surface area contributed by atoms with Crippen LogP contribution in [0.15, 0.2) is 43.0 Å². The molecule has 0 unspecified atom stereocenters. The molecule has 0 atom stereocenters. The first kappa shape index (κ1) is 13.7. The van der Waals surface area contributed by atoms with Crippen LogP contribution in [-0.4, -0.2) is 12.1 Å². The van der Waals surface area contributed by atoms with Gasteiger partial charge in [-0.25, -0.2) is 4.79 Å². The van der Waals surface area contributed by atoms with Gasteiger partial charge in [-0.05, 0) is 37.2 Å². The molecule has 19 heavy (non-hydrogen) atoms. The van der Waals surface area contributed by atoms with Gasteiger partial charge < -0.3 is 10.1 Å². The average Bonchev–Trinajstić information content (AvgIpc) is 2.47. The Morgan fingerprint density at radius 1 is 1.26 bits per heavy atom. The zero-order chi connectivity index (χ0) is 13.5. The first-order valence-electron chi connectivity index (χ1n) is 6.87. The Morgan fingerprint density at radius 2 is 1.95 bits per heavy atom. The van der Waals surface area contributed by atoms with Crippen LogP contribution in [-0.2, 0) is 11.3 Å². The number of hydrogen-bond acceptors (Lipinski definition) is 2. The third kappa shape index (κ3) is 4.43. The maximum Gasteiger partial charge on any atom is 0.407 e. The van der Waals surface area contributed by atoms with E-state index >= 15 is 0 Å². The SMILES string of the molecule is C=C[C@H]1CC[C@H](NC(=O)OCc2ccccc2)CC1. The van der Waals surface area contributed by atoms with Crippen LogP contribution in [0.3, 0.4) is 0 Å². The molecule has 1 fully saturated rings. The number of carbonyl (C=O) groups is 1. The van der Waals surface area contributed by atoms with Crippen LogP contribution in [0.2, 0.25) is 0 Å². The number of hydrogen-bond donors (Lipinski definition) is 1. The maximum atomic E-state index is 11.7. The number of ether oxygens (including phenoxy) is 1. The lowest BCUT2D eigenvalue weighted by Crippen LogP contribution is -2.37. The summed E-state index contributed by atoms with van der Waals surface area (Å²) in [5, 5.41) is 2.94. The van der Waals surface area contributed by atoms with Crippen LogP contribution in [0.25, 0.3) is 0 Å². The molecule has 1 saturated carbocycles. The molecule has 2 rings (SSSR count). The minimum Gasteiger partial charge on any atom is -0.445 e. The van der Waals surface area contributed by atoms with E-state index in [1.807, 2.05) is 36.4 Å². The van der Waals surface area contributed by atoms with Gasteiger partial charge in [-0.15, -0.1) is 6.58 Å². The highest BCUT2D eigenvalue weighted by atomic mass is 16.5. The number of nitrogens with one attached hydrogen (secondary N) is 1. The lowest BCUT2D eigenvalue weighted by Gasteiger charge is -2.26. The summed E-state index contributed by atoms with van der Waals surface area (Å²) in [4.78, 5) is 11.7. The molecule has 0 aromatic heterocycles. The van der Waals surface area contributed by atoms with Crippen molar-refractivity contribution in [2.24, 2.45) is 5.92 Å². The summed E-state index contributed by atoms with van der Waals surface area (Å²) in [6.07, 6.45) is 5.93. The number of benzene rings is 1.